The minimum atomic E-state index is 0.310. The average Bonchev–Trinajstić information content (AvgIpc) is 2.93. The summed E-state index contributed by atoms with van der Waals surface area (Å²) in [7, 11) is 1.96. The highest BCUT2D eigenvalue weighted by Crippen LogP contribution is 2.24. The Morgan fingerprint density at radius 2 is 2.26 bits per heavy atom. The fourth-order valence-corrected chi connectivity index (χ4v) is 1.94. The highest BCUT2D eigenvalue weighted by Gasteiger charge is 2.09. The molecule has 5 heteroatoms. The van der Waals surface area contributed by atoms with Crippen LogP contribution in [0.5, 0.6) is 5.75 Å². The van der Waals surface area contributed by atoms with Gasteiger partial charge in [0.15, 0.2) is 0 Å². The zero-order valence-electron chi connectivity index (χ0n) is 11.6. The van der Waals surface area contributed by atoms with E-state index >= 15 is 0 Å². The van der Waals surface area contributed by atoms with Gasteiger partial charge in [-0.05, 0) is 38.6 Å². The van der Waals surface area contributed by atoms with Crippen molar-refractivity contribution in [3.05, 3.63) is 42.0 Å². The van der Waals surface area contributed by atoms with E-state index in [1.165, 1.54) is 5.56 Å². The topological polar surface area (TPSA) is 52.0 Å². The monoisotopic (exact) mass is 260 g/mol. The highest BCUT2D eigenvalue weighted by atomic mass is 16.5. The fraction of sp³-hybridized carbons (Fsp3) is 0.429. The SMILES string of the molecule is CCOc1ccc(C(C)NC)cc1Cn1cncn1. The largest absolute Gasteiger partial charge is 0.494 e. The summed E-state index contributed by atoms with van der Waals surface area (Å²) in [4.78, 5) is 3.97. The number of nitrogens with zero attached hydrogens (tertiary/aromatic N) is 3. The molecule has 0 amide bonds. The van der Waals surface area contributed by atoms with Crippen LogP contribution in [0.3, 0.4) is 0 Å². The summed E-state index contributed by atoms with van der Waals surface area (Å²) in [5.41, 5.74) is 2.35. The third kappa shape index (κ3) is 3.32. The number of rotatable bonds is 6. The van der Waals surface area contributed by atoms with Crippen molar-refractivity contribution in [1.82, 2.24) is 20.1 Å². The van der Waals surface area contributed by atoms with E-state index in [9.17, 15) is 0 Å². The molecule has 1 aromatic heterocycles. The molecular formula is C14H20N4O. The first kappa shape index (κ1) is 13.5. The summed E-state index contributed by atoms with van der Waals surface area (Å²) in [6, 6.07) is 6.59. The molecule has 0 bridgehead atoms. The molecule has 0 spiro atoms. The van der Waals surface area contributed by atoms with Crippen molar-refractivity contribution >= 4 is 0 Å². The minimum absolute atomic E-state index is 0.310. The molecule has 102 valence electrons. The second kappa shape index (κ2) is 6.33. The average molecular weight is 260 g/mol. The molecule has 1 N–H and O–H groups in total. The van der Waals surface area contributed by atoms with Crippen LogP contribution in [-0.2, 0) is 6.54 Å². The van der Waals surface area contributed by atoms with Crippen molar-refractivity contribution in [1.29, 1.82) is 0 Å². The Labute approximate surface area is 113 Å². The van der Waals surface area contributed by atoms with Crippen LogP contribution in [0.2, 0.25) is 0 Å². The van der Waals surface area contributed by atoms with Gasteiger partial charge in [0.2, 0.25) is 0 Å². The van der Waals surface area contributed by atoms with Gasteiger partial charge < -0.3 is 10.1 Å². The third-order valence-electron chi connectivity index (χ3n) is 3.12. The summed E-state index contributed by atoms with van der Waals surface area (Å²) < 4.78 is 7.47. The molecular weight excluding hydrogens is 240 g/mol. The number of hydrogen-bond acceptors (Lipinski definition) is 4. The zero-order valence-corrected chi connectivity index (χ0v) is 11.6. The van der Waals surface area contributed by atoms with Gasteiger partial charge >= 0.3 is 0 Å². The molecule has 0 saturated heterocycles. The molecule has 2 rings (SSSR count). The second-order valence-electron chi connectivity index (χ2n) is 4.40. The molecule has 1 atom stereocenters. The van der Waals surface area contributed by atoms with E-state index in [-0.39, 0.29) is 0 Å². The van der Waals surface area contributed by atoms with Gasteiger partial charge in [-0.15, -0.1) is 0 Å². The first-order chi connectivity index (χ1) is 9.24. The van der Waals surface area contributed by atoms with Crippen molar-refractivity contribution in [2.24, 2.45) is 0 Å². The van der Waals surface area contributed by atoms with E-state index in [2.05, 4.69) is 34.5 Å². The third-order valence-corrected chi connectivity index (χ3v) is 3.12. The normalized spacial score (nSPS) is 12.4. The molecule has 2 aromatic rings. The number of hydrogen-bond donors (Lipinski definition) is 1. The van der Waals surface area contributed by atoms with Crippen molar-refractivity contribution in [2.75, 3.05) is 13.7 Å². The highest BCUT2D eigenvalue weighted by molar-refractivity contribution is 5.38. The minimum Gasteiger partial charge on any atom is -0.494 e. The van der Waals surface area contributed by atoms with Gasteiger partial charge in [0.1, 0.15) is 18.4 Å². The first-order valence-corrected chi connectivity index (χ1v) is 6.50. The Balaban J connectivity index is 2.30. The number of nitrogens with one attached hydrogen (secondary N) is 1. The lowest BCUT2D eigenvalue weighted by atomic mass is 10.0. The number of benzene rings is 1. The molecule has 0 aliphatic carbocycles. The molecule has 0 aliphatic rings. The van der Waals surface area contributed by atoms with Gasteiger partial charge in [-0.1, -0.05) is 6.07 Å². The number of ether oxygens (including phenoxy) is 1. The van der Waals surface area contributed by atoms with E-state index < -0.39 is 0 Å². The predicted octanol–water partition coefficient (Wildman–Crippen LogP) is 2.01. The van der Waals surface area contributed by atoms with Crippen molar-refractivity contribution in [2.45, 2.75) is 26.4 Å². The smallest absolute Gasteiger partial charge is 0.137 e. The summed E-state index contributed by atoms with van der Waals surface area (Å²) >= 11 is 0. The van der Waals surface area contributed by atoms with E-state index in [1.807, 2.05) is 20.0 Å². The Morgan fingerprint density at radius 3 is 2.89 bits per heavy atom. The van der Waals surface area contributed by atoms with Crippen molar-refractivity contribution in [3.63, 3.8) is 0 Å². The van der Waals surface area contributed by atoms with E-state index in [0.29, 0.717) is 19.2 Å². The van der Waals surface area contributed by atoms with Crippen LogP contribution in [0.25, 0.3) is 0 Å². The Hall–Kier alpha value is -1.88. The maximum atomic E-state index is 5.67. The quantitative estimate of drug-likeness (QED) is 0.863. The molecule has 19 heavy (non-hydrogen) atoms. The van der Waals surface area contributed by atoms with Gasteiger partial charge in [-0.25, -0.2) is 9.67 Å². The summed E-state index contributed by atoms with van der Waals surface area (Å²) in [6.07, 6.45) is 3.25. The van der Waals surface area contributed by atoms with Crippen LogP contribution in [0.4, 0.5) is 0 Å². The lowest BCUT2D eigenvalue weighted by Gasteiger charge is -2.15. The molecule has 1 unspecified atom stereocenters. The van der Waals surface area contributed by atoms with Gasteiger partial charge in [-0.3, -0.25) is 0 Å². The van der Waals surface area contributed by atoms with Crippen LogP contribution >= 0.6 is 0 Å². The maximum absolute atomic E-state index is 5.67. The molecule has 1 aromatic carbocycles. The zero-order chi connectivity index (χ0) is 13.7. The summed E-state index contributed by atoms with van der Waals surface area (Å²) in [6.45, 7) is 5.45. The van der Waals surface area contributed by atoms with Crippen LogP contribution in [0, 0.1) is 0 Å². The lowest BCUT2D eigenvalue weighted by Crippen LogP contribution is -2.13. The molecule has 0 aliphatic heterocycles. The molecule has 0 fully saturated rings. The fourth-order valence-electron chi connectivity index (χ4n) is 1.94. The van der Waals surface area contributed by atoms with Crippen LogP contribution in [0.1, 0.15) is 31.0 Å². The Kier molecular flexibility index (Phi) is 4.52. The van der Waals surface area contributed by atoms with Crippen LogP contribution in [-0.4, -0.2) is 28.4 Å². The van der Waals surface area contributed by atoms with Gasteiger partial charge in [0, 0.05) is 11.6 Å². The Morgan fingerprint density at radius 1 is 1.42 bits per heavy atom. The lowest BCUT2D eigenvalue weighted by molar-refractivity contribution is 0.335. The predicted molar refractivity (Wildman–Crippen MR) is 74.2 cm³/mol. The molecule has 0 saturated carbocycles. The van der Waals surface area contributed by atoms with E-state index in [0.717, 1.165) is 11.3 Å². The second-order valence-corrected chi connectivity index (χ2v) is 4.40. The Bertz CT molecular complexity index is 510. The molecule has 1 heterocycles. The van der Waals surface area contributed by atoms with Crippen LogP contribution < -0.4 is 10.1 Å². The summed E-state index contributed by atoms with van der Waals surface area (Å²) in [5.74, 6) is 0.907. The maximum Gasteiger partial charge on any atom is 0.137 e. The first-order valence-electron chi connectivity index (χ1n) is 6.50. The van der Waals surface area contributed by atoms with Crippen molar-refractivity contribution < 1.29 is 4.74 Å². The standard InChI is InChI=1S/C14H20N4O/c1-4-19-14-6-5-12(11(2)15-3)7-13(14)8-18-10-16-9-17-18/h5-7,9-11,15H,4,8H2,1-3H3. The van der Waals surface area contributed by atoms with Crippen LogP contribution in [0.15, 0.2) is 30.9 Å². The van der Waals surface area contributed by atoms with Gasteiger partial charge in [-0.2, -0.15) is 5.10 Å². The van der Waals surface area contributed by atoms with Crippen molar-refractivity contribution in [3.8, 4) is 5.75 Å². The molecule has 5 nitrogen and oxygen atoms in total. The molecule has 0 radical (unpaired) electrons. The summed E-state index contributed by atoms with van der Waals surface area (Å²) in [5, 5.41) is 7.38. The number of aromatic nitrogens is 3. The van der Waals surface area contributed by atoms with E-state index in [1.54, 1.807) is 17.3 Å². The van der Waals surface area contributed by atoms with E-state index in [4.69, 9.17) is 4.74 Å². The van der Waals surface area contributed by atoms with Gasteiger partial charge in [0.25, 0.3) is 0 Å². The van der Waals surface area contributed by atoms with Gasteiger partial charge in [0.05, 0.1) is 13.2 Å².